The topological polar surface area (TPSA) is 34.8 Å². The minimum atomic E-state index is 0.200. The van der Waals surface area contributed by atoms with E-state index >= 15 is 0 Å². The lowest BCUT2D eigenvalue weighted by atomic mass is 10.2. The molecule has 1 unspecified atom stereocenters. The third-order valence-corrected chi connectivity index (χ3v) is 4.01. The van der Waals surface area contributed by atoms with Gasteiger partial charge in [-0.2, -0.15) is 0 Å². The molecule has 5 heteroatoms. The molecule has 1 saturated heterocycles. The Morgan fingerprint density at radius 1 is 1.32 bits per heavy atom. The molecule has 1 saturated carbocycles. The maximum atomic E-state index is 5.75. The summed E-state index contributed by atoms with van der Waals surface area (Å²) < 4.78 is 17.8. The van der Waals surface area contributed by atoms with Gasteiger partial charge in [0.25, 0.3) is 0 Å². The Bertz CT molecular complexity index is 405. The monoisotopic (exact) mass is 329 g/mol. The van der Waals surface area contributed by atoms with Crippen LogP contribution in [0.5, 0.6) is 0 Å². The predicted octanol–water partition coefficient (Wildman–Crippen LogP) is 2.67. The van der Waals surface area contributed by atoms with Crippen molar-refractivity contribution >= 4 is 15.9 Å². The van der Waals surface area contributed by atoms with Crippen LogP contribution < -0.4 is 0 Å². The van der Waals surface area contributed by atoms with Gasteiger partial charge in [-0.15, -0.1) is 0 Å². The highest BCUT2D eigenvalue weighted by Gasteiger charge is 2.24. The van der Waals surface area contributed by atoms with Crippen molar-refractivity contribution in [3.63, 3.8) is 0 Å². The molecule has 0 aromatic carbocycles. The Balaban J connectivity index is 1.41. The number of halogens is 1. The summed E-state index contributed by atoms with van der Waals surface area (Å²) in [4.78, 5) is 2.36. The van der Waals surface area contributed by atoms with Crippen molar-refractivity contribution in [3.05, 3.63) is 22.6 Å². The van der Waals surface area contributed by atoms with E-state index in [0.29, 0.717) is 0 Å². The summed E-state index contributed by atoms with van der Waals surface area (Å²) in [6.07, 6.45) is 2.88. The van der Waals surface area contributed by atoms with Crippen molar-refractivity contribution in [2.24, 2.45) is 5.92 Å². The van der Waals surface area contributed by atoms with E-state index in [2.05, 4.69) is 20.8 Å². The number of furan rings is 1. The first-order valence-electron chi connectivity index (χ1n) is 6.95. The summed E-state index contributed by atoms with van der Waals surface area (Å²) in [6.45, 7) is 5.12. The first-order valence-corrected chi connectivity index (χ1v) is 7.75. The lowest BCUT2D eigenvalue weighted by Gasteiger charge is -2.32. The number of hydrogen-bond donors (Lipinski definition) is 0. The lowest BCUT2D eigenvalue weighted by molar-refractivity contribution is -0.0734. The zero-order chi connectivity index (χ0) is 13.1. The number of hydrogen-bond acceptors (Lipinski definition) is 4. The van der Waals surface area contributed by atoms with Crippen LogP contribution in [0, 0.1) is 5.92 Å². The largest absolute Gasteiger partial charge is 0.453 e. The Morgan fingerprint density at radius 2 is 2.21 bits per heavy atom. The molecule has 19 heavy (non-hydrogen) atoms. The van der Waals surface area contributed by atoms with E-state index in [1.165, 1.54) is 12.8 Å². The number of ether oxygens (including phenoxy) is 2. The van der Waals surface area contributed by atoms with Crippen molar-refractivity contribution in [2.75, 3.05) is 32.9 Å². The second-order valence-electron chi connectivity index (χ2n) is 5.41. The molecule has 0 bridgehead atoms. The maximum Gasteiger partial charge on any atom is 0.169 e. The van der Waals surface area contributed by atoms with Crippen molar-refractivity contribution in [1.29, 1.82) is 0 Å². The summed E-state index contributed by atoms with van der Waals surface area (Å²) in [7, 11) is 0. The van der Waals surface area contributed by atoms with Crippen LogP contribution in [-0.2, 0) is 16.0 Å². The molecule has 0 radical (unpaired) electrons. The van der Waals surface area contributed by atoms with Gasteiger partial charge in [-0.3, -0.25) is 4.90 Å². The van der Waals surface area contributed by atoms with Gasteiger partial charge in [0, 0.05) is 19.7 Å². The zero-order valence-corrected chi connectivity index (χ0v) is 12.6. The van der Waals surface area contributed by atoms with E-state index in [9.17, 15) is 0 Å². The van der Waals surface area contributed by atoms with Crippen molar-refractivity contribution < 1.29 is 13.9 Å². The van der Waals surface area contributed by atoms with Crippen LogP contribution in [-0.4, -0.2) is 43.9 Å². The van der Waals surface area contributed by atoms with Crippen LogP contribution in [0.4, 0.5) is 0 Å². The number of nitrogens with zero attached hydrogens (tertiary/aromatic N) is 1. The molecule has 1 aromatic rings. The molecule has 4 nitrogen and oxygen atoms in total. The first kappa shape index (κ1) is 13.6. The molecule has 106 valence electrons. The number of rotatable bonds is 6. The Labute approximate surface area is 122 Å². The molecule has 1 aliphatic carbocycles. The van der Waals surface area contributed by atoms with Crippen LogP contribution in [0.3, 0.4) is 0 Å². The van der Waals surface area contributed by atoms with Crippen molar-refractivity contribution in [2.45, 2.75) is 25.5 Å². The maximum absolute atomic E-state index is 5.75. The van der Waals surface area contributed by atoms with Gasteiger partial charge in [0.1, 0.15) is 5.76 Å². The fourth-order valence-corrected chi connectivity index (χ4v) is 2.67. The minimum Gasteiger partial charge on any atom is -0.453 e. The summed E-state index contributed by atoms with van der Waals surface area (Å²) in [6, 6.07) is 3.95. The van der Waals surface area contributed by atoms with Crippen LogP contribution in [0.25, 0.3) is 0 Å². The summed E-state index contributed by atoms with van der Waals surface area (Å²) in [5.74, 6) is 1.81. The fourth-order valence-electron chi connectivity index (χ4n) is 2.33. The second-order valence-corrected chi connectivity index (χ2v) is 6.20. The quantitative estimate of drug-likeness (QED) is 0.803. The van der Waals surface area contributed by atoms with E-state index in [-0.39, 0.29) is 6.10 Å². The minimum absolute atomic E-state index is 0.200. The third-order valence-electron chi connectivity index (χ3n) is 3.59. The van der Waals surface area contributed by atoms with Gasteiger partial charge in [-0.25, -0.2) is 0 Å². The van der Waals surface area contributed by atoms with Gasteiger partial charge < -0.3 is 13.9 Å². The molecule has 1 aromatic heterocycles. The highest BCUT2D eigenvalue weighted by molar-refractivity contribution is 9.10. The summed E-state index contributed by atoms with van der Waals surface area (Å²) in [5, 5.41) is 0. The van der Waals surface area contributed by atoms with E-state index in [1.807, 2.05) is 12.1 Å². The molecule has 1 aliphatic heterocycles. The molecular formula is C14H20BrNO3. The Hall–Kier alpha value is -0.360. The van der Waals surface area contributed by atoms with Gasteiger partial charge in [0.05, 0.1) is 25.9 Å². The van der Waals surface area contributed by atoms with Gasteiger partial charge in [-0.1, -0.05) is 0 Å². The van der Waals surface area contributed by atoms with Crippen LogP contribution in [0.15, 0.2) is 21.2 Å². The van der Waals surface area contributed by atoms with Crippen LogP contribution >= 0.6 is 15.9 Å². The van der Waals surface area contributed by atoms with Crippen molar-refractivity contribution in [1.82, 2.24) is 4.90 Å². The molecule has 1 atom stereocenters. The molecule has 0 amide bonds. The lowest BCUT2D eigenvalue weighted by Crippen LogP contribution is -2.43. The van der Waals surface area contributed by atoms with E-state index in [4.69, 9.17) is 13.9 Å². The zero-order valence-electron chi connectivity index (χ0n) is 11.0. The van der Waals surface area contributed by atoms with E-state index in [1.54, 1.807) is 0 Å². The Morgan fingerprint density at radius 3 is 2.95 bits per heavy atom. The third kappa shape index (κ3) is 4.31. The standard InChI is InChI=1S/C14H20BrNO3/c15-14-4-3-12(19-14)7-16-5-6-18-13(8-16)10-17-9-11-1-2-11/h3-4,11,13H,1-2,5-10H2. The molecule has 0 N–H and O–H groups in total. The molecule has 3 rings (SSSR count). The first-order chi connectivity index (χ1) is 9.29. The molecule has 2 aliphatic rings. The molecule has 2 fully saturated rings. The Kier molecular flexibility index (Phi) is 4.58. The summed E-state index contributed by atoms with van der Waals surface area (Å²) >= 11 is 3.33. The van der Waals surface area contributed by atoms with Crippen LogP contribution in [0.2, 0.25) is 0 Å². The van der Waals surface area contributed by atoms with Gasteiger partial charge >= 0.3 is 0 Å². The van der Waals surface area contributed by atoms with E-state index in [0.717, 1.165) is 55.8 Å². The van der Waals surface area contributed by atoms with E-state index < -0.39 is 0 Å². The van der Waals surface area contributed by atoms with Crippen LogP contribution in [0.1, 0.15) is 18.6 Å². The smallest absolute Gasteiger partial charge is 0.169 e. The molecule has 0 spiro atoms. The SMILES string of the molecule is Brc1ccc(CN2CCOC(COCC3CC3)C2)o1. The van der Waals surface area contributed by atoms with Crippen molar-refractivity contribution in [3.8, 4) is 0 Å². The van der Waals surface area contributed by atoms with Gasteiger partial charge in [-0.05, 0) is 46.8 Å². The molecular weight excluding hydrogens is 310 g/mol. The highest BCUT2D eigenvalue weighted by Crippen LogP contribution is 2.28. The second kappa shape index (κ2) is 6.39. The normalized spacial score (nSPS) is 24.8. The average molecular weight is 330 g/mol. The predicted molar refractivity (Wildman–Crippen MR) is 75.0 cm³/mol. The fraction of sp³-hybridized carbons (Fsp3) is 0.714. The summed E-state index contributed by atoms with van der Waals surface area (Å²) in [5.41, 5.74) is 0. The average Bonchev–Trinajstić information content (AvgIpc) is 3.13. The van der Waals surface area contributed by atoms with Gasteiger partial charge in [0.15, 0.2) is 4.67 Å². The number of morpholine rings is 1. The molecule has 2 heterocycles. The van der Waals surface area contributed by atoms with Gasteiger partial charge in [0.2, 0.25) is 0 Å². The highest BCUT2D eigenvalue weighted by atomic mass is 79.9.